The van der Waals surface area contributed by atoms with E-state index < -0.39 is 5.54 Å². The maximum atomic E-state index is 14.0. The van der Waals surface area contributed by atoms with Crippen LogP contribution in [-0.4, -0.2) is 34.9 Å². The van der Waals surface area contributed by atoms with Gasteiger partial charge >= 0.3 is 0 Å². The van der Waals surface area contributed by atoms with Gasteiger partial charge in [-0.05, 0) is 85.2 Å². The summed E-state index contributed by atoms with van der Waals surface area (Å²) in [7, 11) is 0. The molecule has 0 aliphatic heterocycles. The molecule has 0 bridgehead atoms. The van der Waals surface area contributed by atoms with Gasteiger partial charge in [-0.1, -0.05) is 54.3 Å². The summed E-state index contributed by atoms with van der Waals surface area (Å²) in [5.74, 6) is 5.87. The molecule has 0 saturated heterocycles. The van der Waals surface area contributed by atoms with Crippen molar-refractivity contribution in [3.05, 3.63) is 106 Å². The summed E-state index contributed by atoms with van der Waals surface area (Å²) in [6, 6.07) is 20.8. The van der Waals surface area contributed by atoms with Gasteiger partial charge in [0.1, 0.15) is 5.82 Å². The fourth-order valence-electron chi connectivity index (χ4n) is 4.17. The van der Waals surface area contributed by atoms with Crippen LogP contribution >= 0.6 is 0 Å². The van der Waals surface area contributed by atoms with Gasteiger partial charge in [-0.2, -0.15) is 0 Å². The zero-order valence-corrected chi connectivity index (χ0v) is 21.1. The van der Waals surface area contributed by atoms with Crippen LogP contribution in [0.5, 0.6) is 0 Å². The van der Waals surface area contributed by atoms with Crippen molar-refractivity contribution in [1.29, 1.82) is 0 Å². The second-order valence-electron chi connectivity index (χ2n) is 9.47. The van der Waals surface area contributed by atoms with Crippen molar-refractivity contribution in [2.75, 3.05) is 13.2 Å². The highest BCUT2D eigenvalue weighted by Crippen LogP contribution is 2.23. The maximum absolute atomic E-state index is 14.0. The lowest BCUT2D eigenvalue weighted by Crippen LogP contribution is -2.53. The summed E-state index contributed by atoms with van der Waals surface area (Å²) in [5.41, 5.74) is 5.27. The summed E-state index contributed by atoms with van der Waals surface area (Å²) >= 11 is 0. The van der Waals surface area contributed by atoms with E-state index >= 15 is 0 Å². The predicted molar refractivity (Wildman–Crippen MR) is 141 cm³/mol. The van der Waals surface area contributed by atoms with Gasteiger partial charge < -0.3 is 15.5 Å². The fourth-order valence-corrected chi connectivity index (χ4v) is 4.17. The number of benzene rings is 3. The van der Waals surface area contributed by atoms with Crippen molar-refractivity contribution < 1.29 is 19.4 Å². The molecule has 1 unspecified atom stereocenters. The number of amides is 1. The zero-order valence-electron chi connectivity index (χ0n) is 21.1. The number of halogens is 1. The summed E-state index contributed by atoms with van der Waals surface area (Å²) in [4.78, 5) is 11.5. The van der Waals surface area contributed by atoms with Crippen LogP contribution in [0.4, 0.5) is 4.39 Å². The van der Waals surface area contributed by atoms with Gasteiger partial charge in [-0.25, -0.2) is 4.39 Å². The second-order valence-corrected chi connectivity index (χ2v) is 9.47. The predicted octanol–water partition coefficient (Wildman–Crippen LogP) is 4.61. The number of aliphatic hydroxyl groups excluding tert-OH is 2. The molecule has 0 aromatic heterocycles. The Morgan fingerprint density at radius 1 is 0.972 bits per heavy atom. The maximum Gasteiger partial charge on any atom is 0.217 e. The Bertz CT molecular complexity index is 1240. The molecule has 5 heteroatoms. The molecule has 0 spiro atoms. The summed E-state index contributed by atoms with van der Waals surface area (Å²) < 4.78 is 14.0. The highest BCUT2D eigenvalue weighted by Gasteiger charge is 2.29. The quantitative estimate of drug-likeness (QED) is 0.386. The van der Waals surface area contributed by atoms with E-state index in [0.29, 0.717) is 19.3 Å². The Balaban J connectivity index is 1.77. The molecule has 0 radical (unpaired) electrons. The minimum absolute atomic E-state index is 0.158. The molecule has 3 aromatic carbocycles. The number of nitrogens with one attached hydrogen (secondary N) is 1. The number of carbonyl (C=O) groups is 1. The van der Waals surface area contributed by atoms with E-state index in [1.54, 1.807) is 12.1 Å². The van der Waals surface area contributed by atoms with Crippen molar-refractivity contribution in [3.63, 3.8) is 0 Å². The number of rotatable bonds is 9. The van der Waals surface area contributed by atoms with Crippen LogP contribution in [0.3, 0.4) is 0 Å². The smallest absolute Gasteiger partial charge is 0.217 e. The second kappa shape index (κ2) is 12.5. The number of carbonyl (C=O) groups excluding carboxylic acids is 1. The van der Waals surface area contributed by atoms with Crippen molar-refractivity contribution >= 4 is 5.91 Å². The average molecular weight is 488 g/mol. The van der Waals surface area contributed by atoms with E-state index in [1.807, 2.05) is 30.3 Å². The first-order valence-corrected chi connectivity index (χ1v) is 12.2. The molecule has 1 amide bonds. The Morgan fingerprint density at radius 2 is 1.67 bits per heavy atom. The monoisotopic (exact) mass is 487 g/mol. The minimum Gasteiger partial charge on any atom is -0.394 e. The van der Waals surface area contributed by atoms with E-state index in [1.165, 1.54) is 24.1 Å². The average Bonchev–Trinajstić information content (AvgIpc) is 2.87. The lowest BCUT2D eigenvalue weighted by atomic mass is 9.90. The van der Waals surface area contributed by atoms with Gasteiger partial charge in [0.05, 0.1) is 18.8 Å². The molecule has 188 valence electrons. The first-order chi connectivity index (χ1) is 17.2. The molecular formula is C31H34FNO3. The fraction of sp³-hybridized carbons (Fsp3) is 0.323. The van der Waals surface area contributed by atoms with Crippen LogP contribution in [-0.2, 0) is 17.6 Å². The summed E-state index contributed by atoms with van der Waals surface area (Å²) in [6.07, 6.45) is 1.67. The molecular weight excluding hydrogens is 453 g/mol. The van der Waals surface area contributed by atoms with Gasteiger partial charge in [-0.3, -0.25) is 4.79 Å². The van der Waals surface area contributed by atoms with E-state index in [2.05, 4.69) is 49.2 Å². The Kier molecular flexibility index (Phi) is 9.41. The van der Waals surface area contributed by atoms with Crippen molar-refractivity contribution in [2.45, 2.75) is 51.5 Å². The molecule has 36 heavy (non-hydrogen) atoms. The van der Waals surface area contributed by atoms with E-state index in [0.717, 1.165) is 22.3 Å². The van der Waals surface area contributed by atoms with E-state index in [4.69, 9.17) is 0 Å². The number of hydrogen-bond donors (Lipinski definition) is 3. The van der Waals surface area contributed by atoms with Crippen LogP contribution in [0.2, 0.25) is 0 Å². The van der Waals surface area contributed by atoms with Crippen LogP contribution in [0, 0.1) is 31.5 Å². The molecule has 4 nitrogen and oxygen atoms in total. The molecule has 0 fully saturated rings. The van der Waals surface area contributed by atoms with Crippen molar-refractivity contribution in [2.24, 2.45) is 0 Å². The molecule has 0 aliphatic carbocycles. The Hall–Kier alpha value is -3.46. The highest BCUT2D eigenvalue weighted by molar-refractivity contribution is 5.73. The Labute approximate surface area is 213 Å². The van der Waals surface area contributed by atoms with Gasteiger partial charge in [0, 0.05) is 18.4 Å². The zero-order chi connectivity index (χ0) is 26.1. The van der Waals surface area contributed by atoms with Gasteiger partial charge in [0.25, 0.3) is 0 Å². The Morgan fingerprint density at radius 3 is 2.28 bits per heavy atom. The van der Waals surface area contributed by atoms with Crippen LogP contribution in [0.15, 0.2) is 66.7 Å². The first kappa shape index (κ1) is 27.1. The van der Waals surface area contributed by atoms with Gasteiger partial charge in [-0.15, -0.1) is 0 Å². The molecule has 0 aliphatic rings. The van der Waals surface area contributed by atoms with Crippen LogP contribution in [0.1, 0.15) is 52.6 Å². The third kappa shape index (κ3) is 7.52. The summed E-state index contributed by atoms with van der Waals surface area (Å²) in [5, 5.41) is 22.1. The van der Waals surface area contributed by atoms with Gasteiger partial charge in [0.15, 0.2) is 0 Å². The molecule has 3 aromatic rings. The highest BCUT2D eigenvalue weighted by atomic mass is 19.1. The topological polar surface area (TPSA) is 69.6 Å². The van der Waals surface area contributed by atoms with Gasteiger partial charge in [0.2, 0.25) is 5.91 Å². The van der Waals surface area contributed by atoms with Crippen molar-refractivity contribution in [1.82, 2.24) is 5.32 Å². The van der Waals surface area contributed by atoms with E-state index in [-0.39, 0.29) is 30.9 Å². The first-order valence-electron chi connectivity index (χ1n) is 12.2. The lowest BCUT2D eigenvalue weighted by Gasteiger charge is -2.30. The third-order valence-corrected chi connectivity index (χ3v) is 6.55. The van der Waals surface area contributed by atoms with Crippen LogP contribution < -0.4 is 5.32 Å². The SMILES string of the molecule is CC(=O)NC(CO)(CO)CCc1ccc(C#CC(Cc2ccc(C)c(C)c2)c2cccc(F)c2)cc1. The number of hydrogen-bond acceptors (Lipinski definition) is 3. The normalized spacial score (nSPS) is 11.9. The van der Waals surface area contributed by atoms with Crippen molar-refractivity contribution in [3.8, 4) is 11.8 Å². The van der Waals surface area contributed by atoms with Crippen LogP contribution in [0.25, 0.3) is 0 Å². The molecule has 3 N–H and O–H groups in total. The number of aliphatic hydroxyl groups is 2. The number of aryl methyl sites for hydroxylation is 3. The van der Waals surface area contributed by atoms with E-state index in [9.17, 15) is 19.4 Å². The third-order valence-electron chi connectivity index (χ3n) is 6.55. The summed E-state index contributed by atoms with van der Waals surface area (Å²) in [6.45, 7) is 4.86. The molecule has 3 rings (SSSR count). The standard InChI is InChI=1S/C31H34FNO3/c1-22-7-8-27(17-23(22)2)18-29(28-5-4-6-30(32)19-28)14-13-25-9-11-26(12-10-25)15-16-31(20-34,21-35)33-24(3)36/h4-12,17,19,29,34-35H,15-16,18,20-21H2,1-3H3,(H,33,36). The molecule has 0 saturated carbocycles. The lowest BCUT2D eigenvalue weighted by molar-refractivity contribution is -0.122. The largest absolute Gasteiger partial charge is 0.394 e. The minimum atomic E-state index is -1.04. The molecule has 1 atom stereocenters. The molecule has 0 heterocycles.